The number of hydrogen-bond acceptors (Lipinski definition) is 1. The van der Waals surface area contributed by atoms with Crippen molar-refractivity contribution in [3.8, 4) is 33.4 Å². The molecule has 0 bridgehead atoms. The molecule has 1 aliphatic rings. The van der Waals surface area contributed by atoms with E-state index in [9.17, 15) is 0 Å². The summed E-state index contributed by atoms with van der Waals surface area (Å²) in [5, 5.41) is 2.51. The van der Waals surface area contributed by atoms with Crippen molar-refractivity contribution in [2.45, 2.75) is 19.3 Å². The van der Waals surface area contributed by atoms with Crippen molar-refractivity contribution in [1.82, 2.24) is 4.98 Å². The topological polar surface area (TPSA) is 19.0 Å². The van der Waals surface area contributed by atoms with Crippen LogP contribution in [-0.4, -0.2) is 4.98 Å². The third-order valence-corrected chi connectivity index (χ3v) is 10.00. The van der Waals surface area contributed by atoms with Crippen LogP contribution in [-0.2, 0) is 5.41 Å². The van der Waals surface area contributed by atoms with Crippen molar-refractivity contribution in [3.05, 3.63) is 175 Å². The summed E-state index contributed by atoms with van der Waals surface area (Å²) in [6.07, 6.45) is 0. The number of nitrogens with zero attached hydrogens (tertiary/aromatic N) is 1. The monoisotopic (exact) mass is 602 g/mol. The van der Waals surface area contributed by atoms with Gasteiger partial charge in [-0.05, 0) is 87.5 Å². The maximum absolute atomic E-state index is 3.62. The van der Waals surface area contributed by atoms with E-state index >= 15 is 0 Å². The Morgan fingerprint density at radius 1 is 0.426 bits per heavy atom. The van der Waals surface area contributed by atoms with E-state index in [1.54, 1.807) is 0 Å². The first kappa shape index (κ1) is 27.5. The van der Waals surface area contributed by atoms with Gasteiger partial charge in [0, 0.05) is 44.2 Å². The van der Waals surface area contributed by atoms with Crippen LogP contribution in [0.5, 0.6) is 0 Å². The Morgan fingerprint density at radius 3 is 2.00 bits per heavy atom. The summed E-state index contributed by atoms with van der Waals surface area (Å²) in [7, 11) is 0. The van der Waals surface area contributed by atoms with Gasteiger partial charge in [-0.3, -0.25) is 0 Å². The summed E-state index contributed by atoms with van der Waals surface area (Å²) < 4.78 is 0. The fraction of sp³-hybridized carbons (Fsp3) is 0.0667. The number of aromatic amines is 1. The number of anilines is 3. The average Bonchev–Trinajstić information content (AvgIpc) is 3.61. The van der Waals surface area contributed by atoms with E-state index in [0.717, 1.165) is 22.6 Å². The lowest BCUT2D eigenvalue weighted by Crippen LogP contribution is -2.15. The summed E-state index contributed by atoms with van der Waals surface area (Å²) in [4.78, 5) is 6.03. The minimum absolute atomic E-state index is 0.0315. The maximum atomic E-state index is 3.62. The van der Waals surface area contributed by atoms with Gasteiger partial charge in [-0.25, -0.2) is 0 Å². The Kier molecular flexibility index (Phi) is 6.20. The fourth-order valence-corrected chi connectivity index (χ4v) is 7.66. The molecule has 224 valence electrons. The van der Waals surface area contributed by atoms with Crippen LogP contribution in [0.1, 0.15) is 25.0 Å². The van der Waals surface area contributed by atoms with Crippen molar-refractivity contribution in [3.63, 3.8) is 0 Å². The average molecular weight is 603 g/mol. The molecular weight excluding hydrogens is 569 g/mol. The van der Waals surface area contributed by atoms with Gasteiger partial charge in [-0.2, -0.15) is 0 Å². The molecule has 1 heterocycles. The van der Waals surface area contributed by atoms with Gasteiger partial charge in [-0.1, -0.05) is 129 Å². The highest BCUT2D eigenvalue weighted by Crippen LogP contribution is 2.51. The fourth-order valence-electron chi connectivity index (χ4n) is 7.66. The third-order valence-electron chi connectivity index (χ3n) is 10.00. The predicted octanol–water partition coefficient (Wildman–Crippen LogP) is 12.4. The van der Waals surface area contributed by atoms with E-state index in [2.05, 4.69) is 188 Å². The second kappa shape index (κ2) is 10.6. The van der Waals surface area contributed by atoms with Crippen molar-refractivity contribution >= 4 is 38.9 Å². The van der Waals surface area contributed by atoms with Crippen LogP contribution >= 0.6 is 0 Å². The van der Waals surface area contributed by atoms with Gasteiger partial charge in [0.25, 0.3) is 0 Å². The zero-order valence-electron chi connectivity index (χ0n) is 26.5. The lowest BCUT2D eigenvalue weighted by molar-refractivity contribution is 0.660. The first-order chi connectivity index (χ1) is 23.1. The molecule has 8 aromatic rings. The minimum Gasteiger partial charge on any atom is -0.354 e. The molecule has 0 atom stereocenters. The first-order valence-electron chi connectivity index (χ1n) is 16.4. The molecule has 2 heteroatoms. The highest BCUT2D eigenvalue weighted by atomic mass is 15.1. The van der Waals surface area contributed by atoms with Crippen molar-refractivity contribution in [2.24, 2.45) is 0 Å². The predicted molar refractivity (Wildman–Crippen MR) is 199 cm³/mol. The number of benzene rings is 7. The van der Waals surface area contributed by atoms with E-state index in [1.807, 2.05) is 0 Å². The lowest BCUT2D eigenvalue weighted by atomic mass is 9.82. The smallest absolute Gasteiger partial charge is 0.0540 e. The van der Waals surface area contributed by atoms with Crippen LogP contribution in [0.25, 0.3) is 55.2 Å². The van der Waals surface area contributed by atoms with E-state index in [4.69, 9.17) is 0 Å². The standard InChI is InChI=1S/C45H34N2/c1-45(2)40-20-9-6-18-36(40)39-29-34(24-26-41(39)45)47(33-15-4-3-5-16-33)44-22-11-8-17-35(44)32-14-12-13-30(27-32)31-23-25-38-37-19-7-10-21-42(37)46-43(38)28-31/h3-29,46H,1-2H3. The normalized spacial score (nSPS) is 13.1. The molecule has 0 unspecified atom stereocenters. The Hall–Kier alpha value is -5.86. The molecule has 1 N–H and O–H groups in total. The quantitative estimate of drug-likeness (QED) is 0.208. The largest absolute Gasteiger partial charge is 0.354 e. The molecule has 2 nitrogen and oxygen atoms in total. The van der Waals surface area contributed by atoms with Gasteiger partial charge in [0.05, 0.1) is 5.69 Å². The van der Waals surface area contributed by atoms with Gasteiger partial charge in [0.15, 0.2) is 0 Å². The van der Waals surface area contributed by atoms with Crippen LogP contribution in [0, 0.1) is 0 Å². The van der Waals surface area contributed by atoms with Gasteiger partial charge in [-0.15, -0.1) is 0 Å². The summed E-state index contributed by atoms with van der Waals surface area (Å²) in [5.74, 6) is 0. The second-order valence-corrected chi connectivity index (χ2v) is 13.1. The van der Waals surface area contributed by atoms with Crippen molar-refractivity contribution in [2.75, 3.05) is 4.90 Å². The van der Waals surface area contributed by atoms with Crippen LogP contribution in [0.3, 0.4) is 0 Å². The number of fused-ring (bicyclic) bond motifs is 6. The molecule has 0 fully saturated rings. The summed E-state index contributed by atoms with van der Waals surface area (Å²) in [6, 6.07) is 59.6. The van der Waals surface area contributed by atoms with Crippen LogP contribution in [0.2, 0.25) is 0 Å². The molecule has 9 rings (SSSR count). The lowest BCUT2D eigenvalue weighted by Gasteiger charge is -2.29. The molecule has 0 saturated carbocycles. The molecule has 1 aromatic heterocycles. The van der Waals surface area contributed by atoms with Gasteiger partial charge in [0.1, 0.15) is 0 Å². The van der Waals surface area contributed by atoms with Crippen molar-refractivity contribution in [1.29, 1.82) is 0 Å². The summed E-state index contributed by atoms with van der Waals surface area (Å²) >= 11 is 0. The van der Waals surface area contributed by atoms with E-state index in [1.165, 1.54) is 60.8 Å². The molecule has 0 amide bonds. The maximum Gasteiger partial charge on any atom is 0.0540 e. The summed E-state index contributed by atoms with van der Waals surface area (Å²) in [5.41, 5.74) is 15.9. The Balaban J connectivity index is 1.18. The zero-order valence-corrected chi connectivity index (χ0v) is 26.5. The molecule has 0 spiro atoms. The van der Waals surface area contributed by atoms with E-state index in [-0.39, 0.29) is 5.41 Å². The Morgan fingerprint density at radius 2 is 1.11 bits per heavy atom. The van der Waals surface area contributed by atoms with E-state index < -0.39 is 0 Å². The Bertz CT molecular complexity index is 2450. The zero-order chi connectivity index (χ0) is 31.5. The van der Waals surface area contributed by atoms with Gasteiger partial charge < -0.3 is 9.88 Å². The van der Waals surface area contributed by atoms with Gasteiger partial charge >= 0.3 is 0 Å². The molecular formula is C45H34N2. The molecule has 0 aliphatic heterocycles. The van der Waals surface area contributed by atoms with Gasteiger partial charge in [0.2, 0.25) is 0 Å². The third kappa shape index (κ3) is 4.40. The number of para-hydroxylation sites is 3. The molecule has 47 heavy (non-hydrogen) atoms. The SMILES string of the molecule is CC1(C)c2ccccc2-c2cc(N(c3ccccc3)c3ccccc3-c3cccc(-c4ccc5c(c4)[nH]c4ccccc45)c3)ccc21. The molecule has 1 aliphatic carbocycles. The van der Waals surface area contributed by atoms with Crippen molar-refractivity contribution < 1.29 is 0 Å². The van der Waals surface area contributed by atoms with E-state index in [0.29, 0.717) is 0 Å². The first-order valence-corrected chi connectivity index (χ1v) is 16.4. The number of aromatic nitrogens is 1. The Labute approximate surface area is 275 Å². The molecule has 0 radical (unpaired) electrons. The number of nitrogens with one attached hydrogen (secondary N) is 1. The molecule has 7 aromatic carbocycles. The minimum atomic E-state index is -0.0315. The summed E-state index contributed by atoms with van der Waals surface area (Å²) in [6.45, 7) is 4.68. The molecule has 0 saturated heterocycles. The van der Waals surface area contributed by atoms with Crippen LogP contribution in [0.4, 0.5) is 17.1 Å². The number of rotatable bonds is 5. The number of H-pyrrole nitrogens is 1. The van der Waals surface area contributed by atoms with Crippen LogP contribution < -0.4 is 4.90 Å². The second-order valence-electron chi connectivity index (χ2n) is 13.1. The number of hydrogen-bond donors (Lipinski definition) is 1. The van der Waals surface area contributed by atoms with Crippen LogP contribution in [0.15, 0.2) is 164 Å². The highest BCUT2D eigenvalue weighted by molar-refractivity contribution is 6.08. The highest BCUT2D eigenvalue weighted by Gasteiger charge is 2.35.